The zero-order chi connectivity index (χ0) is 8.48. The second kappa shape index (κ2) is 2.84. The average Bonchev–Trinajstić information content (AvgIpc) is 1.86. The van der Waals surface area contributed by atoms with Crippen LogP contribution in [0, 0.1) is 11.3 Å². The Hall–Kier alpha value is -0.530. The van der Waals surface area contributed by atoms with E-state index in [4.69, 9.17) is 5.11 Å². The summed E-state index contributed by atoms with van der Waals surface area (Å²) in [4.78, 5) is 10.8. The molecule has 1 unspecified atom stereocenters. The molecule has 0 bridgehead atoms. The van der Waals surface area contributed by atoms with Crippen molar-refractivity contribution < 1.29 is 9.90 Å². The zero-order valence-corrected chi connectivity index (χ0v) is 7.26. The summed E-state index contributed by atoms with van der Waals surface area (Å²) in [5.41, 5.74) is -0.433. The molecule has 0 heterocycles. The molecular formula is C9H16O2. The van der Waals surface area contributed by atoms with Gasteiger partial charge in [-0.2, -0.15) is 0 Å². The lowest BCUT2D eigenvalue weighted by molar-refractivity contribution is -0.150. The first-order valence-electron chi connectivity index (χ1n) is 4.28. The van der Waals surface area contributed by atoms with Gasteiger partial charge < -0.3 is 5.11 Å². The minimum absolute atomic E-state index is 0.433. The molecule has 0 amide bonds. The summed E-state index contributed by atoms with van der Waals surface area (Å²) >= 11 is 0. The molecule has 1 N–H and O–H groups in total. The van der Waals surface area contributed by atoms with Gasteiger partial charge >= 0.3 is 5.97 Å². The highest BCUT2D eigenvalue weighted by Crippen LogP contribution is 2.38. The van der Waals surface area contributed by atoms with Gasteiger partial charge in [0.2, 0.25) is 0 Å². The normalized spacial score (nSPS) is 38.5. The Bertz CT molecular complexity index is 165. The van der Waals surface area contributed by atoms with Crippen molar-refractivity contribution in [2.24, 2.45) is 11.3 Å². The van der Waals surface area contributed by atoms with E-state index >= 15 is 0 Å². The van der Waals surface area contributed by atoms with Gasteiger partial charge in [0.25, 0.3) is 0 Å². The molecule has 1 aliphatic rings. The van der Waals surface area contributed by atoms with Crippen molar-refractivity contribution in [1.82, 2.24) is 0 Å². The summed E-state index contributed by atoms with van der Waals surface area (Å²) in [5.74, 6) is -0.0334. The molecule has 0 saturated heterocycles. The fourth-order valence-corrected chi connectivity index (χ4v) is 2.01. The van der Waals surface area contributed by atoms with Crippen LogP contribution in [0.25, 0.3) is 0 Å². The Labute approximate surface area is 67.6 Å². The van der Waals surface area contributed by atoms with Gasteiger partial charge in [-0.05, 0) is 25.7 Å². The summed E-state index contributed by atoms with van der Waals surface area (Å²) in [5, 5.41) is 8.92. The van der Waals surface area contributed by atoms with Gasteiger partial charge in [0.1, 0.15) is 0 Å². The molecular weight excluding hydrogens is 140 g/mol. The van der Waals surface area contributed by atoms with E-state index in [1.165, 1.54) is 6.42 Å². The molecule has 0 aromatic carbocycles. The van der Waals surface area contributed by atoms with Crippen LogP contribution in [0.15, 0.2) is 0 Å². The minimum atomic E-state index is -0.621. The van der Waals surface area contributed by atoms with Crippen LogP contribution in [-0.4, -0.2) is 11.1 Å². The largest absolute Gasteiger partial charge is 0.481 e. The molecule has 0 radical (unpaired) electrons. The van der Waals surface area contributed by atoms with Gasteiger partial charge in [-0.25, -0.2) is 0 Å². The molecule has 11 heavy (non-hydrogen) atoms. The third-order valence-corrected chi connectivity index (χ3v) is 2.74. The van der Waals surface area contributed by atoms with Gasteiger partial charge in [0.15, 0.2) is 0 Å². The molecule has 1 aliphatic carbocycles. The summed E-state index contributed by atoms with van der Waals surface area (Å²) in [7, 11) is 0. The van der Waals surface area contributed by atoms with Crippen LogP contribution in [0.5, 0.6) is 0 Å². The van der Waals surface area contributed by atoms with E-state index < -0.39 is 11.4 Å². The quantitative estimate of drug-likeness (QED) is 0.632. The van der Waals surface area contributed by atoms with Crippen LogP contribution in [-0.2, 0) is 4.79 Å². The Morgan fingerprint density at radius 3 is 2.64 bits per heavy atom. The smallest absolute Gasteiger partial charge is 0.309 e. The van der Waals surface area contributed by atoms with Crippen LogP contribution in [0.2, 0.25) is 0 Å². The van der Waals surface area contributed by atoms with Crippen molar-refractivity contribution in [2.75, 3.05) is 0 Å². The molecule has 0 spiro atoms. The van der Waals surface area contributed by atoms with Gasteiger partial charge in [-0.15, -0.1) is 0 Å². The first-order valence-corrected chi connectivity index (χ1v) is 4.28. The molecule has 0 aromatic heterocycles. The van der Waals surface area contributed by atoms with Crippen molar-refractivity contribution in [1.29, 1.82) is 0 Å². The van der Waals surface area contributed by atoms with Crippen LogP contribution >= 0.6 is 0 Å². The van der Waals surface area contributed by atoms with Crippen molar-refractivity contribution in [3.05, 3.63) is 0 Å². The van der Waals surface area contributed by atoms with Crippen molar-refractivity contribution in [3.63, 3.8) is 0 Å². The first-order chi connectivity index (χ1) is 5.04. The predicted octanol–water partition coefficient (Wildman–Crippen LogP) is 2.29. The van der Waals surface area contributed by atoms with E-state index in [0.717, 1.165) is 19.3 Å². The lowest BCUT2D eigenvalue weighted by atomic mass is 9.71. The monoisotopic (exact) mass is 156 g/mol. The number of carboxylic acids is 1. The van der Waals surface area contributed by atoms with Gasteiger partial charge in [0.05, 0.1) is 5.41 Å². The molecule has 2 atom stereocenters. The SMILES string of the molecule is CC1CCC[C@](C)(C(=O)O)C1. The second-order valence-corrected chi connectivity index (χ2v) is 4.07. The Kier molecular flexibility index (Phi) is 2.21. The fraction of sp³-hybridized carbons (Fsp3) is 0.889. The van der Waals surface area contributed by atoms with Crippen molar-refractivity contribution in [2.45, 2.75) is 39.5 Å². The third-order valence-electron chi connectivity index (χ3n) is 2.74. The molecule has 2 nitrogen and oxygen atoms in total. The standard InChI is InChI=1S/C9H16O2/c1-7-4-3-5-9(2,6-7)8(10)11/h7H,3-6H2,1-2H3,(H,10,11)/t7?,9-/m0/s1. The molecule has 64 valence electrons. The van der Waals surface area contributed by atoms with Gasteiger partial charge in [-0.1, -0.05) is 19.8 Å². The van der Waals surface area contributed by atoms with E-state index in [0.29, 0.717) is 5.92 Å². The van der Waals surface area contributed by atoms with E-state index in [-0.39, 0.29) is 0 Å². The van der Waals surface area contributed by atoms with E-state index in [9.17, 15) is 4.79 Å². The van der Waals surface area contributed by atoms with E-state index in [1.54, 1.807) is 0 Å². The highest BCUT2D eigenvalue weighted by Gasteiger charge is 2.36. The highest BCUT2D eigenvalue weighted by molar-refractivity contribution is 5.74. The zero-order valence-electron chi connectivity index (χ0n) is 7.26. The van der Waals surface area contributed by atoms with Crippen LogP contribution < -0.4 is 0 Å². The summed E-state index contributed by atoms with van der Waals surface area (Å²) in [6.45, 7) is 4.01. The number of carboxylic acid groups (broad SMARTS) is 1. The Balaban J connectivity index is 2.63. The summed E-state index contributed by atoms with van der Waals surface area (Å²) < 4.78 is 0. The first kappa shape index (κ1) is 8.57. The maximum absolute atomic E-state index is 10.8. The van der Waals surface area contributed by atoms with E-state index in [1.807, 2.05) is 6.92 Å². The third kappa shape index (κ3) is 1.73. The van der Waals surface area contributed by atoms with Crippen LogP contribution in [0.3, 0.4) is 0 Å². The molecule has 0 aromatic rings. The maximum Gasteiger partial charge on any atom is 0.309 e. The fourth-order valence-electron chi connectivity index (χ4n) is 2.01. The predicted molar refractivity (Wildman–Crippen MR) is 43.4 cm³/mol. The maximum atomic E-state index is 10.8. The molecule has 1 fully saturated rings. The van der Waals surface area contributed by atoms with Crippen LogP contribution in [0.1, 0.15) is 39.5 Å². The van der Waals surface area contributed by atoms with Gasteiger partial charge in [-0.3, -0.25) is 4.79 Å². The number of rotatable bonds is 1. The molecule has 0 aliphatic heterocycles. The number of aliphatic carboxylic acids is 1. The highest BCUT2D eigenvalue weighted by atomic mass is 16.4. The average molecular weight is 156 g/mol. The van der Waals surface area contributed by atoms with Crippen molar-refractivity contribution >= 4 is 5.97 Å². The summed E-state index contributed by atoms with van der Waals surface area (Å²) in [6, 6.07) is 0. The number of hydrogen-bond acceptors (Lipinski definition) is 1. The van der Waals surface area contributed by atoms with Gasteiger partial charge in [0, 0.05) is 0 Å². The number of hydrogen-bond donors (Lipinski definition) is 1. The minimum Gasteiger partial charge on any atom is -0.481 e. The molecule has 1 saturated carbocycles. The van der Waals surface area contributed by atoms with E-state index in [2.05, 4.69) is 6.92 Å². The number of carbonyl (C=O) groups is 1. The molecule has 2 heteroatoms. The Morgan fingerprint density at radius 2 is 2.27 bits per heavy atom. The van der Waals surface area contributed by atoms with Crippen LogP contribution in [0.4, 0.5) is 0 Å². The summed E-state index contributed by atoms with van der Waals surface area (Å²) in [6.07, 6.45) is 3.97. The lowest BCUT2D eigenvalue weighted by Gasteiger charge is -2.32. The Morgan fingerprint density at radius 1 is 1.64 bits per heavy atom. The van der Waals surface area contributed by atoms with Crippen molar-refractivity contribution in [3.8, 4) is 0 Å². The second-order valence-electron chi connectivity index (χ2n) is 4.07. The molecule has 1 rings (SSSR count). The topological polar surface area (TPSA) is 37.3 Å². The lowest BCUT2D eigenvalue weighted by Crippen LogP contribution is -2.32.